The van der Waals surface area contributed by atoms with E-state index in [2.05, 4.69) is 37.2 Å². The van der Waals surface area contributed by atoms with Gasteiger partial charge < -0.3 is 0 Å². The van der Waals surface area contributed by atoms with Crippen molar-refractivity contribution in [1.29, 1.82) is 0 Å². The van der Waals surface area contributed by atoms with Gasteiger partial charge in [-0.15, -0.1) is 0 Å². The summed E-state index contributed by atoms with van der Waals surface area (Å²) < 4.78 is 0. The second-order valence-corrected chi connectivity index (χ2v) is 4.74. The van der Waals surface area contributed by atoms with Crippen molar-refractivity contribution in [2.24, 2.45) is 11.0 Å². The summed E-state index contributed by atoms with van der Waals surface area (Å²) in [6.45, 7) is 4.30. The Labute approximate surface area is 102 Å². The lowest BCUT2D eigenvalue weighted by Crippen LogP contribution is -2.15. The number of halogens is 1. The van der Waals surface area contributed by atoms with Crippen LogP contribution in [0, 0.1) is 5.92 Å². The number of hydrazone groups is 1. The van der Waals surface area contributed by atoms with E-state index in [1.54, 1.807) is 0 Å². The van der Waals surface area contributed by atoms with Gasteiger partial charge in [-0.2, -0.15) is 5.10 Å². The van der Waals surface area contributed by atoms with Gasteiger partial charge in [-0.3, -0.25) is 0 Å². The van der Waals surface area contributed by atoms with Crippen molar-refractivity contribution in [2.45, 2.75) is 33.1 Å². The zero-order chi connectivity index (χ0) is 11.5. The fourth-order valence-electron chi connectivity index (χ4n) is 1.80. The summed E-state index contributed by atoms with van der Waals surface area (Å²) in [5, 5.41) is 7.35. The minimum absolute atomic E-state index is 0.387. The van der Waals surface area contributed by atoms with Crippen LogP contribution in [0.15, 0.2) is 40.3 Å². The van der Waals surface area contributed by atoms with Crippen LogP contribution < -0.4 is 0 Å². The number of allylic oxidation sites excluding steroid dienone is 4. The Hall–Kier alpha value is -1.02. The van der Waals surface area contributed by atoms with Crippen molar-refractivity contribution in [3.05, 3.63) is 35.2 Å². The Bertz CT molecular complexity index is 391. The molecule has 0 radical (unpaired) electrons. The third-order valence-corrected chi connectivity index (χ3v) is 3.32. The van der Waals surface area contributed by atoms with Crippen molar-refractivity contribution in [3.63, 3.8) is 0 Å². The molecule has 2 nitrogen and oxygen atoms in total. The molecule has 16 heavy (non-hydrogen) atoms. The average molecular weight is 237 g/mol. The SMILES string of the molecule is CCCC1=NN2C=C(Cl)C(C)CC=C2C=C1. The molecule has 0 saturated heterocycles. The number of rotatable bonds is 2. The molecule has 0 bridgehead atoms. The van der Waals surface area contributed by atoms with Crippen molar-refractivity contribution >= 4 is 17.3 Å². The van der Waals surface area contributed by atoms with Crippen molar-refractivity contribution in [3.8, 4) is 0 Å². The van der Waals surface area contributed by atoms with Gasteiger partial charge in [0.25, 0.3) is 0 Å². The van der Waals surface area contributed by atoms with Gasteiger partial charge in [0.05, 0.1) is 11.4 Å². The van der Waals surface area contributed by atoms with Crippen LogP contribution in [0.5, 0.6) is 0 Å². The summed E-state index contributed by atoms with van der Waals surface area (Å²) in [4.78, 5) is 0. The highest BCUT2D eigenvalue weighted by Gasteiger charge is 2.16. The highest BCUT2D eigenvalue weighted by molar-refractivity contribution is 6.29. The standard InChI is InChI=1S/C13H17ClN2/c1-3-4-11-6-8-12-7-5-10(2)13(14)9-16(12)15-11/h6-10H,3-5H2,1-2H3. The number of hydrogen-bond acceptors (Lipinski definition) is 2. The van der Waals surface area contributed by atoms with Crippen molar-refractivity contribution in [1.82, 2.24) is 5.01 Å². The molecule has 1 atom stereocenters. The van der Waals surface area contributed by atoms with Gasteiger partial charge in [0.1, 0.15) is 0 Å². The maximum atomic E-state index is 6.21. The second kappa shape index (κ2) is 4.88. The van der Waals surface area contributed by atoms with Crippen LogP contribution >= 0.6 is 11.6 Å². The maximum absolute atomic E-state index is 6.21. The van der Waals surface area contributed by atoms with Crippen molar-refractivity contribution in [2.75, 3.05) is 0 Å². The molecule has 1 unspecified atom stereocenters. The van der Waals surface area contributed by atoms with Crippen LogP contribution in [0.2, 0.25) is 0 Å². The van der Waals surface area contributed by atoms with Crippen LogP contribution in [0.25, 0.3) is 0 Å². The van der Waals surface area contributed by atoms with E-state index in [0.29, 0.717) is 5.92 Å². The first-order valence-corrected chi connectivity index (χ1v) is 6.20. The summed E-state index contributed by atoms with van der Waals surface area (Å²) in [6, 6.07) is 0. The van der Waals surface area contributed by atoms with E-state index in [1.165, 1.54) is 0 Å². The average Bonchev–Trinajstić information content (AvgIpc) is 2.40. The maximum Gasteiger partial charge on any atom is 0.0614 e. The summed E-state index contributed by atoms with van der Waals surface area (Å²) in [6.07, 6.45) is 11.5. The first kappa shape index (κ1) is 11.5. The lowest BCUT2D eigenvalue weighted by atomic mass is 10.1. The van der Waals surface area contributed by atoms with E-state index in [0.717, 1.165) is 35.7 Å². The Balaban J connectivity index is 2.26. The van der Waals surface area contributed by atoms with Crippen LogP contribution in [0.1, 0.15) is 33.1 Å². The molecule has 0 spiro atoms. The molecule has 2 aliphatic heterocycles. The summed E-state index contributed by atoms with van der Waals surface area (Å²) >= 11 is 6.21. The second-order valence-electron chi connectivity index (χ2n) is 4.30. The van der Waals surface area contributed by atoms with Gasteiger partial charge >= 0.3 is 0 Å². The van der Waals surface area contributed by atoms with Gasteiger partial charge in [-0.1, -0.05) is 37.9 Å². The van der Waals surface area contributed by atoms with Gasteiger partial charge in [0.2, 0.25) is 0 Å². The molecule has 0 aliphatic carbocycles. The minimum Gasteiger partial charge on any atom is -0.240 e. The quantitative estimate of drug-likeness (QED) is 0.707. The third kappa shape index (κ3) is 2.38. The predicted molar refractivity (Wildman–Crippen MR) is 69.1 cm³/mol. The molecule has 86 valence electrons. The van der Waals surface area contributed by atoms with Gasteiger partial charge in [-0.25, -0.2) is 5.01 Å². The molecule has 2 heterocycles. The van der Waals surface area contributed by atoms with Gasteiger partial charge in [0.15, 0.2) is 0 Å². The lowest BCUT2D eigenvalue weighted by molar-refractivity contribution is 0.506. The van der Waals surface area contributed by atoms with Crippen LogP contribution in [0.4, 0.5) is 0 Å². The monoisotopic (exact) mass is 236 g/mol. The molecule has 0 aromatic rings. The largest absolute Gasteiger partial charge is 0.240 e. The Morgan fingerprint density at radius 2 is 2.31 bits per heavy atom. The molecule has 0 amide bonds. The Morgan fingerprint density at radius 3 is 3.06 bits per heavy atom. The highest BCUT2D eigenvalue weighted by Crippen LogP contribution is 2.28. The normalized spacial score (nSPS) is 24.3. The van der Waals surface area contributed by atoms with E-state index in [4.69, 9.17) is 11.6 Å². The van der Waals surface area contributed by atoms with Crippen LogP contribution in [-0.4, -0.2) is 10.7 Å². The summed E-state index contributed by atoms with van der Waals surface area (Å²) in [7, 11) is 0. The zero-order valence-corrected chi connectivity index (χ0v) is 10.5. The van der Waals surface area contributed by atoms with Crippen molar-refractivity contribution < 1.29 is 0 Å². The van der Waals surface area contributed by atoms with E-state index in [1.807, 2.05) is 11.2 Å². The van der Waals surface area contributed by atoms with E-state index in [9.17, 15) is 0 Å². The van der Waals surface area contributed by atoms with Gasteiger partial charge in [0, 0.05) is 11.2 Å². The predicted octanol–water partition coefficient (Wildman–Crippen LogP) is 4.02. The van der Waals surface area contributed by atoms with E-state index >= 15 is 0 Å². The minimum atomic E-state index is 0.387. The topological polar surface area (TPSA) is 15.6 Å². The van der Waals surface area contributed by atoms with E-state index in [-0.39, 0.29) is 0 Å². The molecule has 2 aliphatic rings. The first-order valence-electron chi connectivity index (χ1n) is 5.83. The summed E-state index contributed by atoms with van der Waals surface area (Å²) in [5.74, 6) is 0.387. The number of nitrogens with zero attached hydrogens (tertiary/aromatic N) is 2. The van der Waals surface area contributed by atoms with E-state index < -0.39 is 0 Å². The lowest BCUT2D eigenvalue weighted by Gasteiger charge is -2.20. The molecule has 0 saturated carbocycles. The zero-order valence-electron chi connectivity index (χ0n) is 9.78. The fourth-order valence-corrected chi connectivity index (χ4v) is 1.98. The number of hydrogen-bond donors (Lipinski definition) is 0. The van der Waals surface area contributed by atoms with Crippen LogP contribution in [-0.2, 0) is 0 Å². The highest BCUT2D eigenvalue weighted by atomic mass is 35.5. The summed E-state index contributed by atoms with van der Waals surface area (Å²) in [5.41, 5.74) is 2.25. The molecule has 0 aromatic heterocycles. The molecular formula is C13H17ClN2. The fraction of sp³-hybridized carbons (Fsp3) is 0.462. The molecular weight excluding hydrogens is 220 g/mol. The van der Waals surface area contributed by atoms with Gasteiger partial charge in [-0.05, 0) is 30.9 Å². The smallest absolute Gasteiger partial charge is 0.0614 e. The molecule has 0 fully saturated rings. The Kier molecular flexibility index (Phi) is 3.49. The third-order valence-electron chi connectivity index (χ3n) is 2.85. The molecule has 0 aromatic carbocycles. The molecule has 0 N–H and O–H groups in total. The first-order chi connectivity index (χ1) is 7.70. The molecule has 3 heteroatoms. The Morgan fingerprint density at radius 1 is 1.50 bits per heavy atom. The molecule has 2 rings (SSSR count). The van der Waals surface area contributed by atoms with Crippen LogP contribution in [0.3, 0.4) is 0 Å². The number of fused-ring (bicyclic) bond motifs is 1.